The third kappa shape index (κ3) is 3.11. The molecule has 0 bridgehead atoms. The number of carboxylic acids is 1. The number of aromatic carboxylic acids is 1. The first-order valence-corrected chi connectivity index (χ1v) is 8.44. The largest absolute Gasteiger partial charge is 0.477 e. The van der Waals surface area contributed by atoms with E-state index in [2.05, 4.69) is 0 Å². The van der Waals surface area contributed by atoms with Gasteiger partial charge in [0.15, 0.2) is 0 Å². The zero-order valence-electron chi connectivity index (χ0n) is 13.1. The maximum Gasteiger partial charge on any atom is 0.352 e. The molecule has 8 nitrogen and oxygen atoms in total. The van der Waals surface area contributed by atoms with E-state index in [0.29, 0.717) is 12.2 Å². The Balaban J connectivity index is 2.42. The van der Waals surface area contributed by atoms with Crippen molar-refractivity contribution in [1.82, 2.24) is 4.57 Å². The highest BCUT2D eigenvalue weighted by atomic mass is 32.2. The highest BCUT2D eigenvalue weighted by molar-refractivity contribution is 7.92. The van der Waals surface area contributed by atoms with Gasteiger partial charge in [0.25, 0.3) is 10.0 Å². The molecule has 0 aliphatic heterocycles. The molecule has 2 rings (SSSR count). The Morgan fingerprint density at radius 2 is 1.83 bits per heavy atom. The Morgan fingerprint density at radius 1 is 1.25 bits per heavy atom. The number of amides is 1. The molecule has 9 heteroatoms. The van der Waals surface area contributed by atoms with Crippen molar-refractivity contribution in [3.8, 4) is 0 Å². The van der Waals surface area contributed by atoms with Gasteiger partial charge in [0, 0.05) is 25.4 Å². The van der Waals surface area contributed by atoms with Gasteiger partial charge in [0.2, 0.25) is 5.91 Å². The number of carbonyl (C=O) groups excluding carboxylic acids is 1. The zero-order valence-corrected chi connectivity index (χ0v) is 13.9. The van der Waals surface area contributed by atoms with Gasteiger partial charge in [-0.05, 0) is 37.3 Å². The van der Waals surface area contributed by atoms with Crippen LogP contribution in [-0.2, 0) is 16.6 Å². The number of primary amides is 1. The van der Waals surface area contributed by atoms with E-state index in [-0.39, 0.29) is 16.2 Å². The first-order valence-electron chi connectivity index (χ1n) is 7.00. The fourth-order valence-electron chi connectivity index (χ4n) is 2.20. The molecular weight excluding hydrogens is 334 g/mol. The first-order chi connectivity index (χ1) is 11.2. The lowest BCUT2D eigenvalue weighted by Gasteiger charge is -2.18. The van der Waals surface area contributed by atoms with E-state index in [1.165, 1.54) is 42.1 Å². The Labute approximate surface area is 139 Å². The average Bonchev–Trinajstić information content (AvgIpc) is 2.99. The Kier molecular flexibility index (Phi) is 4.65. The highest BCUT2D eigenvalue weighted by Crippen LogP contribution is 2.24. The van der Waals surface area contributed by atoms with Crippen molar-refractivity contribution >= 4 is 27.6 Å². The molecule has 1 aromatic heterocycles. The van der Waals surface area contributed by atoms with Crippen molar-refractivity contribution < 1.29 is 23.1 Å². The molecule has 24 heavy (non-hydrogen) atoms. The topological polar surface area (TPSA) is 123 Å². The number of hydrogen-bond donors (Lipinski definition) is 2. The van der Waals surface area contributed by atoms with Crippen LogP contribution in [0.2, 0.25) is 0 Å². The minimum atomic E-state index is -3.94. The van der Waals surface area contributed by atoms with Crippen molar-refractivity contribution in [3.63, 3.8) is 0 Å². The Morgan fingerprint density at radius 3 is 2.25 bits per heavy atom. The SMILES string of the molecule is CCn1cc(S(=O)(=O)N(C)c2ccc(C(N)=O)cc2)cc1C(=O)O. The molecule has 0 atom stereocenters. The third-order valence-electron chi connectivity index (χ3n) is 3.61. The standard InChI is InChI=1S/C15H17N3O5S/c1-3-18-9-12(8-13(18)15(20)21)24(22,23)17(2)11-6-4-10(5-7-11)14(16)19/h4-9H,3H2,1-2H3,(H2,16,19)(H,20,21). The fourth-order valence-corrected chi connectivity index (χ4v) is 3.43. The van der Waals surface area contributed by atoms with Crippen LogP contribution in [-0.4, -0.2) is 37.0 Å². The monoisotopic (exact) mass is 351 g/mol. The number of nitrogens with zero attached hydrogens (tertiary/aromatic N) is 2. The van der Waals surface area contributed by atoms with Crippen molar-refractivity contribution in [2.45, 2.75) is 18.4 Å². The minimum absolute atomic E-state index is 0.103. The highest BCUT2D eigenvalue weighted by Gasteiger charge is 2.25. The second-order valence-corrected chi connectivity index (χ2v) is 7.01. The van der Waals surface area contributed by atoms with Gasteiger partial charge in [0.1, 0.15) is 10.6 Å². The lowest BCUT2D eigenvalue weighted by Crippen LogP contribution is -2.26. The molecule has 3 N–H and O–H groups in total. The van der Waals surface area contributed by atoms with E-state index in [9.17, 15) is 18.0 Å². The van der Waals surface area contributed by atoms with E-state index >= 15 is 0 Å². The molecule has 0 spiro atoms. The summed E-state index contributed by atoms with van der Waals surface area (Å²) in [4.78, 5) is 22.1. The molecule has 0 radical (unpaired) electrons. The molecule has 0 saturated carbocycles. The van der Waals surface area contributed by atoms with Crippen LogP contribution in [0.5, 0.6) is 0 Å². The zero-order chi connectivity index (χ0) is 18.1. The molecule has 0 aliphatic rings. The summed E-state index contributed by atoms with van der Waals surface area (Å²) in [5.41, 5.74) is 5.63. The molecular formula is C15H17N3O5S. The number of benzene rings is 1. The van der Waals surface area contributed by atoms with Gasteiger partial charge in [-0.1, -0.05) is 0 Å². The summed E-state index contributed by atoms with van der Waals surface area (Å²) < 4.78 is 27.7. The van der Waals surface area contributed by atoms with E-state index in [4.69, 9.17) is 10.8 Å². The molecule has 1 heterocycles. The van der Waals surface area contributed by atoms with Gasteiger partial charge in [-0.2, -0.15) is 0 Å². The van der Waals surface area contributed by atoms with Gasteiger partial charge >= 0.3 is 5.97 Å². The molecule has 0 aliphatic carbocycles. The maximum absolute atomic E-state index is 12.7. The van der Waals surface area contributed by atoms with Gasteiger partial charge < -0.3 is 15.4 Å². The van der Waals surface area contributed by atoms with Crippen molar-refractivity contribution in [2.75, 3.05) is 11.4 Å². The lowest BCUT2D eigenvalue weighted by molar-refractivity contribution is 0.0685. The summed E-state index contributed by atoms with van der Waals surface area (Å²) in [6.07, 6.45) is 1.28. The quantitative estimate of drug-likeness (QED) is 0.807. The number of carboxylic acid groups (broad SMARTS) is 1. The fraction of sp³-hybridized carbons (Fsp3) is 0.200. The number of aromatic nitrogens is 1. The van der Waals surface area contributed by atoms with Crippen LogP contribution in [0.3, 0.4) is 0 Å². The summed E-state index contributed by atoms with van der Waals surface area (Å²) in [5, 5.41) is 9.14. The Hall–Kier alpha value is -2.81. The first kappa shape index (κ1) is 17.5. The van der Waals surface area contributed by atoms with Crippen LogP contribution in [0.25, 0.3) is 0 Å². The van der Waals surface area contributed by atoms with Crippen molar-refractivity contribution in [2.24, 2.45) is 5.73 Å². The van der Waals surface area contributed by atoms with Crippen LogP contribution < -0.4 is 10.0 Å². The Bertz CT molecular complexity index is 884. The number of nitrogens with two attached hydrogens (primary N) is 1. The molecule has 1 aromatic carbocycles. The van der Waals surface area contributed by atoms with Gasteiger partial charge in [0.05, 0.1) is 5.69 Å². The van der Waals surface area contributed by atoms with Gasteiger partial charge in [-0.3, -0.25) is 9.10 Å². The molecule has 2 aromatic rings. The normalized spacial score (nSPS) is 11.2. The van der Waals surface area contributed by atoms with Crippen LogP contribution in [0, 0.1) is 0 Å². The summed E-state index contributed by atoms with van der Waals surface area (Å²) in [6.45, 7) is 2.04. The van der Waals surface area contributed by atoms with Crippen LogP contribution in [0.15, 0.2) is 41.4 Å². The van der Waals surface area contributed by atoms with Crippen LogP contribution >= 0.6 is 0 Å². The van der Waals surface area contributed by atoms with Crippen molar-refractivity contribution in [1.29, 1.82) is 0 Å². The maximum atomic E-state index is 12.7. The molecule has 128 valence electrons. The number of rotatable bonds is 6. The number of sulfonamides is 1. The molecule has 0 fully saturated rings. The smallest absolute Gasteiger partial charge is 0.352 e. The third-order valence-corrected chi connectivity index (χ3v) is 5.36. The molecule has 0 unspecified atom stereocenters. The van der Waals surface area contributed by atoms with Gasteiger partial charge in [-0.25, -0.2) is 13.2 Å². The predicted octanol–water partition coefficient (Wildman–Crippen LogP) is 1.13. The minimum Gasteiger partial charge on any atom is -0.477 e. The molecule has 0 saturated heterocycles. The number of aryl methyl sites for hydroxylation is 1. The summed E-state index contributed by atoms with van der Waals surface area (Å²) in [5.74, 6) is -1.81. The number of carbonyl (C=O) groups is 2. The second kappa shape index (κ2) is 6.36. The van der Waals surface area contributed by atoms with E-state index in [1.807, 2.05) is 0 Å². The van der Waals surface area contributed by atoms with E-state index < -0.39 is 21.9 Å². The summed E-state index contributed by atoms with van der Waals surface area (Å²) in [6, 6.07) is 6.86. The van der Waals surface area contributed by atoms with Crippen LogP contribution in [0.4, 0.5) is 5.69 Å². The van der Waals surface area contributed by atoms with E-state index in [1.54, 1.807) is 6.92 Å². The summed E-state index contributed by atoms with van der Waals surface area (Å²) in [7, 11) is -2.59. The second-order valence-electron chi connectivity index (χ2n) is 5.04. The van der Waals surface area contributed by atoms with Gasteiger partial charge in [-0.15, -0.1) is 0 Å². The predicted molar refractivity (Wildman–Crippen MR) is 87.6 cm³/mol. The van der Waals surface area contributed by atoms with E-state index in [0.717, 1.165) is 10.4 Å². The average molecular weight is 351 g/mol. The summed E-state index contributed by atoms with van der Waals surface area (Å²) >= 11 is 0. The lowest BCUT2D eigenvalue weighted by atomic mass is 10.2. The molecule has 1 amide bonds. The number of anilines is 1. The van der Waals surface area contributed by atoms with Crippen LogP contribution in [0.1, 0.15) is 27.8 Å². The number of hydrogen-bond acceptors (Lipinski definition) is 4. The van der Waals surface area contributed by atoms with Crippen molar-refractivity contribution in [3.05, 3.63) is 47.8 Å².